The molecule has 1 aromatic carbocycles. The minimum absolute atomic E-state index is 0.158. The van der Waals surface area contributed by atoms with Gasteiger partial charge in [0.05, 0.1) is 29.3 Å². The van der Waals surface area contributed by atoms with Crippen LogP contribution in [0.4, 0.5) is 5.69 Å². The fourth-order valence-electron chi connectivity index (χ4n) is 1.98. The molecule has 0 aliphatic heterocycles. The Labute approximate surface area is 108 Å². The summed E-state index contributed by atoms with van der Waals surface area (Å²) in [7, 11) is 0. The largest absolute Gasteiger partial charge is 0.543 e. The summed E-state index contributed by atoms with van der Waals surface area (Å²) in [5.41, 5.74) is 0.160. The van der Waals surface area contributed by atoms with Gasteiger partial charge in [-0.2, -0.15) is 0 Å². The van der Waals surface area contributed by atoms with Crippen molar-refractivity contribution >= 4 is 22.6 Å². The van der Waals surface area contributed by atoms with E-state index >= 15 is 0 Å². The summed E-state index contributed by atoms with van der Waals surface area (Å²) in [4.78, 5) is 23.9. The molecule has 7 heteroatoms. The number of hydrogen-bond donors (Lipinski definition) is 1. The number of hydrogen-bond acceptors (Lipinski definition) is 5. The van der Waals surface area contributed by atoms with Gasteiger partial charge in [-0.15, -0.1) is 0 Å². The van der Waals surface area contributed by atoms with Gasteiger partial charge in [0.2, 0.25) is 0 Å². The second-order valence-electron chi connectivity index (χ2n) is 3.97. The molecule has 1 aromatic heterocycles. The lowest BCUT2D eigenvalue weighted by Crippen LogP contribution is -2.23. The summed E-state index contributed by atoms with van der Waals surface area (Å²) in [6.45, 7) is 3.68. The van der Waals surface area contributed by atoms with E-state index in [2.05, 4.69) is 4.98 Å². The number of fused-ring (bicyclic) bond motifs is 1. The maximum Gasteiger partial charge on any atom is 0.297 e. The van der Waals surface area contributed by atoms with Gasteiger partial charge in [-0.1, -0.05) is 0 Å². The zero-order valence-electron chi connectivity index (χ0n) is 10.4. The average Bonchev–Trinajstić information content (AvgIpc) is 2.67. The van der Waals surface area contributed by atoms with Crippen LogP contribution in [-0.4, -0.2) is 22.5 Å². The minimum atomic E-state index is -1.40. The quantitative estimate of drug-likeness (QED) is 0.657. The number of benzene rings is 1. The zero-order valence-corrected chi connectivity index (χ0v) is 10.4. The molecular weight excluding hydrogens is 252 g/mol. The number of ether oxygens (including phenoxy) is 1. The molecule has 19 heavy (non-hydrogen) atoms. The first kappa shape index (κ1) is 12.9. The number of aromatic amines is 1. The summed E-state index contributed by atoms with van der Waals surface area (Å²) in [5, 5.41) is 22.4. The minimum Gasteiger partial charge on any atom is -0.543 e. The van der Waals surface area contributed by atoms with E-state index in [0.29, 0.717) is 23.3 Å². The number of H-pyrrole nitrogens is 1. The predicted octanol–water partition coefficient (Wildman–Crippen LogP) is 1.15. The first-order chi connectivity index (χ1) is 8.95. The van der Waals surface area contributed by atoms with E-state index in [0.717, 1.165) is 0 Å². The lowest BCUT2D eigenvalue weighted by atomic mass is 10.1. The van der Waals surface area contributed by atoms with Gasteiger partial charge in [0.1, 0.15) is 11.3 Å². The van der Waals surface area contributed by atoms with Crippen LogP contribution in [0, 0.1) is 17.0 Å². The second-order valence-corrected chi connectivity index (χ2v) is 3.97. The number of nitrogens with one attached hydrogen (secondary N) is 1. The van der Waals surface area contributed by atoms with Crippen molar-refractivity contribution in [2.24, 2.45) is 0 Å². The molecule has 0 bridgehead atoms. The van der Waals surface area contributed by atoms with Gasteiger partial charge < -0.3 is 19.6 Å². The molecule has 0 spiro atoms. The van der Waals surface area contributed by atoms with Crippen LogP contribution in [0.15, 0.2) is 12.1 Å². The molecule has 2 rings (SSSR count). The van der Waals surface area contributed by atoms with E-state index in [-0.39, 0.29) is 16.9 Å². The fourth-order valence-corrected chi connectivity index (χ4v) is 1.98. The van der Waals surface area contributed by atoms with Crippen LogP contribution < -0.4 is 9.84 Å². The standard InChI is InChI=1S/C12H12N2O5/c1-3-19-7-4-8-6(2)10(12(15)16)13-11(8)9(5-7)14(17)18/h4-5,13H,3H2,1-2H3,(H,15,16)/p-1. The molecule has 0 amide bonds. The number of non-ortho nitro benzene ring substituents is 1. The highest BCUT2D eigenvalue weighted by Gasteiger charge is 2.20. The molecule has 7 nitrogen and oxygen atoms in total. The van der Waals surface area contributed by atoms with Crippen molar-refractivity contribution in [1.29, 1.82) is 0 Å². The summed E-state index contributed by atoms with van der Waals surface area (Å²) < 4.78 is 5.25. The third-order valence-electron chi connectivity index (χ3n) is 2.83. The number of aromatic carboxylic acids is 1. The van der Waals surface area contributed by atoms with Crippen LogP contribution in [0.1, 0.15) is 23.0 Å². The van der Waals surface area contributed by atoms with Crippen LogP contribution in [0.2, 0.25) is 0 Å². The monoisotopic (exact) mass is 263 g/mol. The number of carboxylic acid groups (broad SMARTS) is 1. The SMILES string of the molecule is CCOc1cc([N+](=O)[O-])c2[nH]c(C(=O)[O-])c(C)c2c1. The molecule has 0 unspecified atom stereocenters. The Kier molecular flexibility index (Phi) is 3.12. The topological polar surface area (TPSA) is 108 Å². The maximum atomic E-state index is 11.0. The number of rotatable bonds is 4. The van der Waals surface area contributed by atoms with Crippen LogP contribution in [0.25, 0.3) is 10.9 Å². The van der Waals surface area contributed by atoms with E-state index in [1.165, 1.54) is 6.07 Å². The normalized spacial score (nSPS) is 10.6. The van der Waals surface area contributed by atoms with Gasteiger partial charge >= 0.3 is 0 Å². The Morgan fingerprint density at radius 2 is 2.16 bits per heavy atom. The van der Waals surface area contributed by atoms with Gasteiger partial charge in [0.25, 0.3) is 5.69 Å². The van der Waals surface area contributed by atoms with Crippen molar-refractivity contribution in [2.45, 2.75) is 13.8 Å². The molecule has 0 fully saturated rings. The summed E-state index contributed by atoms with van der Waals surface area (Å²) in [6.07, 6.45) is 0. The highest BCUT2D eigenvalue weighted by molar-refractivity contribution is 6.00. The molecular formula is C12H11N2O5-. The summed E-state index contributed by atoms with van der Waals surface area (Å²) >= 11 is 0. The Bertz CT molecular complexity index is 674. The van der Waals surface area contributed by atoms with Gasteiger partial charge in [-0.3, -0.25) is 10.1 Å². The Hall–Kier alpha value is -2.57. The van der Waals surface area contributed by atoms with Crippen LogP contribution in [0.3, 0.4) is 0 Å². The number of carbonyl (C=O) groups is 1. The van der Waals surface area contributed by atoms with Crippen molar-refractivity contribution in [3.8, 4) is 5.75 Å². The number of aryl methyl sites for hydroxylation is 1. The number of carbonyl (C=O) groups excluding carboxylic acids is 1. The number of nitro groups is 1. The third-order valence-corrected chi connectivity index (χ3v) is 2.83. The maximum absolute atomic E-state index is 11.0. The molecule has 1 N–H and O–H groups in total. The van der Waals surface area contributed by atoms with Crippen molar-refractivity contribution < 1.29 is 19.6 Å². The lowest BCUT2D eigenvalue weighted by Gasteiger charge is -2.03. The summed E-state index contributed by atoms with van der Waals surface area (Å²) in [6, 6.07) is 2.84. The average molecular weight is 263 g/mol. The molecule has 100 valence electrons. The third kappa shape index (κ3) is 2.10. The first-order valence-corrected chi connectivity index (χ1v) is 5.60. The van der Waals surface area contributed by atoms with Crippen molar-refractivity contribution in [2.75, 3.05) is 6.61 Å². The van der Waals surface area contributed by atoms with Crippen molar-refractivity contribution in [3.63, 3.8) is 0 Å². The van der Waals surface area contributed by atoms with E-state index in [1.54, 1.807) is 19.9 Å². The number of nitrogens with zero attached hydrogens (tertiary/aromatic N) is 1. The van der Waals surface area contributed by atoms with Gasteiger partial charge in [0, 0.05) is 5.39 Å². The first-order valence-electron chi connectivity index (χ1n) is 5.60. The molecule has 0 saturated carbocycles. The molecule has 0 radical (unpaired) electrons. The predicted molar refractivity (Wildman–Crippen MR) is 65.2 cm³/mol. The lowest BCUT2D eigenvalue weighted by molar-refractivity contribution is -0.383. The molecule has 0 atom stereocenters. The smallest absolute Gasteiger partial charge is 0.297 e. The molecule has 0 aliphatic carbocycles. The highest BCUT2D eigenvalue weighted by atomic mass is 16.6. The second kappa shape index (κ2) is 4.60. The van der Waals surface area contributed by atoms with E-state index in [1.807, 2.05) is 0 Å². The Morgan fingerprint density at radius 1 is 1.47 bits per heavy atom. The van der Waals surface area contributed by atoms with Gasteiger partial charge in [0.15, 0.2) is 0 Å². The van der Waals surface area contributed by atoms with E-state index < -0.39 is 10.9 Å². The molecule has 2 aromatic rings. The van der Waals surface area contributed by atoms with Gasteiger partial charge in [-0.25, -0.2) is 0 Å². The van der Waals surface area contributed by atoms with E-state index in [9.17, 15) is 20.0 Å². The van der Waals surface area contributed by atoms with Gasteiger partial charge in [-0.05, 0) is 25.5 Å². The number of aromatic nitrogens is 1. The van der Waals surface area contributed by atoms with Crippen LogP contribution in [0.5, 0.6) is 5.75 Å². The van der Waals surface area contributed by atoms with E-state index in [4.69, 9.17) is 4.74 Å². The Morgan fingerprint density at radius 3 is 2.68 bits per heavy atom. The summed E-state index contributed by atoms with van der Waals surface area (Å²) in [5.74, 6) is -1.07. The highest BCUT2D eigenvalue weighted by Crippen LogP contribution is 2.33. The number of nitro benzene ring substituents is 1. The van der Waals surface area contributed by atoms with Crippen LogP contribution in [-0.2, 0) is 0 Å². The van der Waals surface area contributed by atoms with Crippen LogP contribution >= 0.6 is 0 Å². The fraction of sp³-hybridized carbons (Fsp3) is 0.250. The number of carboxylic acids is 1. The zero-order chi connectivity index (χ0) is 14.2. The Balaban J connectivity index is 2.79. The molecule has 0 saturated heterocycles. The van der Waals surface area contributed by atoms with Crippen molar-refractivity contribution in [1.82, 2.24) is 4.98 Å². The van der Waals surface area contributed by atoms with Crippen molar-refractivity contribution in [3.05, 3.63) is 33.5 Å². The molecule has 1 heterocycles. The molecule has 0 aliphatic rings.